The Bertz CT molecular complexity index is 1300. The third-order valence-corrected chi connectivity index (χ3v) is 6.12. The Morgan fingerprint density at radius 3 is 2.29 bits per heavy atom. The molecule has 3 aromatic carbocycles. The van der Waals surface area contributed by atoms with Crippen molar-refractivity contribution >= 4 is 58.5 Å². The minimum atomic E-state index is -1.24. The van der Waals surface area contributed by atoms with Crippen molar-refractivity contribution in [2.24, 2.45) is 0 Å². The molecule has 0 saturated heterocycles. The number of rotatable bonds is 9. The molecular weight excluding hydrogens is 492 g/mol. The molecule has 0 aliphatic heterocycles. The van der Waals surface area contributed by atoms with E-state index in [4.69, 9.17) is 16.7 Å². The van der Waals surface area contributed by atoms with Crippen LogP contribution in [0.5, 0.6) is 0 Å². The van der Waals surface area contributed by atoms with Gasteiger partial charge in [-0.2, -0.15) is 0 Å². The maximum Gasteiger partial charge on any atom is 0.335 e. The molecule has 2 amide bonds. The van der Waals surface area contributed by atoms with Crippen molar-refractivity contribution in [1.82, 2.24) is 0 Å². The second kappa shape index (κ2) is 11.9. The first-order chi connectivity index (χ1) is 16.7. The molecule has 0 aliphatic carbocycles. The molecule has 0 fully saturated rings. The Morgan fingerprint density at radius 2 is 1.60 bits per heavy atom. The van der Waals surface area contributed by atoms with Crippen LogP contribution in [0.15, 0.2) is 89.8 Å². The molecule has 0 spiro atoms. The number of carboxylic acid groups (broad SMARTS) is 2. The van der Waals surface area contributed by atoms with Gasteiger partial charge in [-0.15, -0.1) is 11.8 Å². The average molecular weight is 511 g/mol. The summed E-state index contributed by atoms with van der Waals surface area (Å²) in [4.78, 5) is 47.7. The van der Waals surface area contributed by atoms with Gasteiger partial charge in [-0.25, -0.2) is 9.59 Å². The number of nitrogens with one attached hydrogen (secondary N) is 2. The number of amides is 2. The van der Waals surface area contributed by atoms with Crippen molar-refractivity contribution in [3.8, 4) is 0 Å². The Kier molecular flexibility index (Phi) is 8.66. The fraction of sp³-hybridized carbons (Fsp3) is 0.0400. The smallest absolute Gasteiger partial charge is 0.335 e. The van der Waals surface area contributed by atoms with E-state index in [-0.39, 0.29) is 16.3 Å². The third-order valence-electron chi connectivity index (χ3n) is 4.54. The van der Waals surface area contributed by atoms with Crippen LogP contribution in [-0.4, -0.2) is 34.0 Å². The largest absolute Gasteiger partial charge is 0.478 e. The quantitative estimate of drug-likeness (QED) is 0.233. The van der Waals surface area contributed by atoms with E-state index in [2.05, 4.69) is 10.6 Å². The zero-order valence-electron chi connectivity index (χ0n) is 18.0. The highest BCUT2D eigenvalue weighted by molar-refractivity contribution is 8.00. The summed E-state index contributed by atoms with van der Waals surface area (Å²) in [5.74, 6) is -3.43. The molecule has 35 heavy (non-hydrogen) atoms. The van der Waals surface area contributed by atoms with E-state index in [1.165, 1.54) is 30.0 Å². The molecule has 8 nitrogen and oxygen atoms in total. The number of benzene rings is 3. The maximum atomic E-state index is 13.3. The summed E-state index contributed by atoms with van der Waals surface area (Å²) in [6.07, 6.45) is 1.63. The van der Waals surface area contributed by atoms with Gasteiger partial charge >= 0.3 is 11.9 Å². The fourth-order valence-corrected chi connectivity index (χ4v) is 4.22. The van der Waals surface area contributed by atoms with Crippen LogP contribution in [0.4, 0.5) is 11.4 Å². The molecular formula is C25H19ClN2O6S. The van der Waals surface area contributed by atoms with E-state index in [1.54, 1.807) is 48.5 Å². The zero-order chi connectivity index (χ0) is 25.4. The molecule has 0 bridgehead atoms. The zero-order valence-corrected chi connectivity index (χ0v) is 19.5. The van der Waals surface area contributed by atoms with Gasteiger partial charge in [0.1, 0.15) is 5.25 Å². The lowest BCUT2D eigenvalue weighted by molar-refractivity contribution is -0.131. The van der Waals surface area contributed by atoms with Crippen molar-refractivity contribution in [3.05, 3.63) is 101 Å². The van der Waals surface area contributed by atoms with Crippen LogP contribution in [0, 0.1) is 0 Å². The van der Waals surface area contributed by atoms with Crippen LogP contribution in [0.25, 0.3) is 0 Å². The lowest BCUT2D eigenvalue weighted by Gasteiger charge is -2.18. The van der Waals surface area contributed by atoms with Crippen molar-refractivity contribution in [2.45, 2.75) is 10.1 Å². The molecule has 178 valence electrons. The monoisotopic (exact) mass is 510 g/mol. The van der Waals surface area contributed by atoms with Crippen LogP contribution in [0.2, 0.25) is 5.02 Å². The number of halogens is 1. The Labute approximate surface area is 209 Å². The average Bonchev–Trinajstić information content (AvgIpc) is 2.83. The van der Waals surface area contributed by atoms with Gasteiger partial charge in [-0.1, -0.05) is 48.0 Å². The standard InChI is InChI=1S/C25H19ClN2O6S/c26-19-10-9-16(25(33)34)13-20(19)28-24(32)23(15-5-2-1-3-6-15)35-18-8-4-7-17(14-18)27-21(29)11-12-22(30)31/h1-14,23H,(H,27,29)(H,28,32)(H,30,31)(H,33,34)/b12-11+. The number of hydrogen-bond acceptors (Lipinski definition) is 5. The molecule has 3 rings (SSSR count). The summed E-state index contributed by atoms with van der Waals surface area (Å²) in [7, 11) is 0. The second-order valence-corrected chi connectivity index (χ2v) is 8.67. The number of carbonyl (C=O) groups excluding carboxylic acids is 2. The topological polar surface area (TPSA) is 133 Å². The molecule has 0 radical (unpaired) electrons. The number of aromatic carboxylic acids is 1. The molecule has 10 heteroatoms. The third kappa shape index (κ3) is 7.46. The second-order valence-electron chi connectivity index (χ2n) is 7.09. The molecule has 4 N–H and O–H groups in total. The van der Waals surface area contributed by atoms with Crippen LogP contribution in [-0.2, 0) is 14.4 Å². The number of carbonyl (C=O) groups is 4. The highest BCUT2D eigenvalue weighted by Crippen LogP contribution is 2.37. The normalized spacial score (nSPS) is 11.6. The minimum absolute atomic E-state index is 0.0194. The Hall–Kier alpha value is -4.08. The van der Waals surface area contributed by atoms with Gasteiger partial charge in [0.15, 0.2) is 0 Å². The molecule has 0 heterocycles. The predicted molar refractivity (Wildman–Crippen MR) is 134 cm³/mol. The van der Waals surface area contributed by atoms with E-state index in [1.807, 2.05) is 6.07 Å². The molecule has 1 unspecified atom stereocenters. The van der Waals surface area contributed by atoms with Crippen molar-refractivity contribution < 1.29 is 29.4 Å². The summed E-state index contributed by atoms with van der Waals surface area (Å²) in [6, 6.07) is 19.7. The van der Waals surface area contributed by atoms with Crippen molar-refractivity contribution in [1.29, 1.82) is 0 Å². The molecule has 0 saturated carbocycles. The van der Waals surface area contributed by atoms with Crippen molar-refractivity contribution in [3.63, 3.8) is 0 Å². The van der Waals surface area contributed by atoms with Crippen LogP contribution >= 0.6 is 23.4 Å². The van der Waals surface area contributed by atoms with Gasteiger partial charge in [-0.05, 0) is 42.0 Å². The van der Waals surface area contributed by atoms with Gasteiger partial charge in [0.25, 0.3) is 0 Å². The molecule has 0 aliphatic rings. The summed E-state index contributed by atoms with van der Waals surface area (Å²) in [5, 5.41) is 22.6. The van der Waals surface area contributed by atoms with Crippen LogP contribution in [0.1, 0.15) is 21.2 Å². The van der Waals surface area contributed by atoms with Gasteiger partial charge in [0.05, 0.1) is 16.3 Å². The molecule has 1 atom stereocenters. The summed E-state index contributed by atoms with van der Waals surface area (Å²) in [5.41, 5.74) is 1.26. The van der Waals surface area contributed by atoms with Gasteiger partial charge in [0, 0.05) is 22.7 Å². The molecule has 3 aromatic rings. The Balaban J connectivity index is 1.85. The lowest BCUT2D eigenvalue weighted by Crippen LogP contribution is -2.19. The van der Waals surface area contributed by atoms with Crippen LogP contribution in [0.3, 0.4) is 0 Å². The first kappa shape index (κ1) is 25.5. The van der Waals surface area contributed by atoms with E-state index >= 15 is 0 Å². The van der Waals surface area contributed by atoms with Crippen molar-refractivity contribution in [2.75, 3.05) is 10.6 Å². The van der Waals surface area contributed by atoms with Gasteiger partial charge < -0.3 is 20.8 Å². The SMILES string of the molecule is O=C(O)/C=C/C(=O)Nc1cccc(SC(C(=O)Nc2cc(C(=O)O)ccc2Cl)c2ccccc2)c1. The lowest BCUT2D eigenvalue weighted by atomic mass is 10.1. The first-order valence-corrected chi connectivity index (χ1v) is 11.4. The first-order valence-electron chi connectivity index (χ1n) is 10.1. The van der Waals surface area contributed by atoms with E-state index < -0.39 is 29.0 Å². The number of hydrogen-bond donors (Lipinski definition) is 4. The summed E-state index contributed by atoms with van der Waals surface area (Å²) in [6.45, 7) is 0. The minimum Gasteiger partial charge on any atom is -0.478 e. The fourth-order valence-electron chi connectivity index (χ4n) is 2.97. The Morgan fingerprint density at radius 1 is 0.857 bits per heavy atom. The van der Waals surface area contributed by atoms with E-state index in [0.717, 1.165) is 12.2 Å². The predicted octanol–water partition coefficient (Wildman–Crippen LogP) is 5.09. The number of thioether (sulfide) groups is 1. The van der Waals surface area contributed by atoms with E-state index in [0.29, 0.717) is 16.1 Å². The molecule has 0 aromatic heterocycles. The maximum absolute atomic E-state index is 13.3. The highest BCUT2D eigenvalue weighted by atomic mass is 35.5. The number of carboxylic acids is 2. The number of aliphatic carboxylic acids is 1. The highest BCUT2D eigenvalue weighted by Gasteiger charge is 2.23. The van der Waals surface area contributed by atoms with E-state index in [9.17, 15) is 24.3 Å². The summed E-state index contributed by atoms with van der Waals surface area (Å²) >= 11 is 7.38. The number of anilines is 2. The summed E-state index contributed by atoms with van der Waals surface area (Å²) < 4.78 is 0. The van der Waals surface area contributed by atoms with Gasteiger partial charge in [-0.3, -0.25) is 9.59 Å². The van der Waals surface area contributed by atoms with Crippen LogP contribution < -0.4 is 10.6 Å². The van der Waals surface area contributed by atoms with Gasteiger partial charge in [0.2, 0.25) is 11.8 Å².